The second kappa shape index (κ2) is 10.7. The van der Waals surface area contributed by atoms with Gasteiger partial charge in [-0.25, -0.2) is 0 Å². The van der Waals surface area contributed by atoms with Crippen LogP contribution in [0.1, 0.15) is 41.7 Å². The number of nitrogens with zero attached hydrogens (tertiary/aromatic N) is 1. The summed E-state index contributed by atoms with van der Waals surface area (Å²) < 4.78 is 0. The topological polar surface area (TPSA) is 23.5 Å². The van der Waals surface area contributed by atoms with E-state index in [4.69, 9.17) is 0 Å². The van der Waals surface area contributed by atoms with E-state index in [-0.39, 0.29) is 5.41 Å². The lowest BCUT2D eigenvalue weighted by Crippen LogP contribution is -2.29. The third kappa shape index (κ3) is 4.03. The second-order valence-corrected chi connectivity index (χ2v) is 13.4. The molecule has 0 amide bonds. The van der Waals surface area contributed by atoms with Gasteiger partial charge in [-0.1, -0.05) is 153 Å². The maximum Gasteiger partial charge on any atom is 0.144 e. The molecule has 9 rings (SSSR count). The summed E-state index contributed by atoms with van der Waals surface area (Å²) in [6.45, 7) is 4.65. The van der Waals surface area contributed by atoms with Gasteiger partial charge in [0, 0.05) is 33.5 Å². The highest BCUT2D eigenvalue weighted by atomic mass is 16.3. The van der Waals surface area contributed by atoms with Crippen LogP contribution in [0.15, 0.2) is 170 Å². The van der Waals surface area contributed by atoms with Gasteiger partial charge in [-0.05, 0) is 74.8 Å². The zero-order chi connectivity index (χ0) is 32.5. The Labute approximate surface area is 282 Å². The molecule has 0 aromatic heterocycles. The van der Waals surface area contributed by atoms with Gasteiger partial charge in [0.15, 0.2) is 0 Å². The molecule has 2 heteroatoms. The number of hydrogen-bond acceptors (Lipinski definition) is 2. The SMILES string of the molecule is CC1(C)c2ccccc2-c2ccc(N(c3ccccc3)c3cccc4c3C(O)(c3ccccc3-c3ccccc3)c3ccccc3-4)cc21. The Hall–Kier alpha value is -5.70. The Balaban J connectivity index is 1.32. The van der Waals surface area contributed by atoms with E-state index in [0.717, 1.165) is 56.0 Å². The van der Waals surface area contributed by atoms with Gasteiger partial charge in [0.2, 0.25) is 0 Å². The van der Waals surface area contributed by atoms with Crippen LogP contribution in [0.3, 0.4) is 0 Å². The van der Waals surface area contributed by atoms with E-state index in [1.165, 1.54) is 22.3 Å². The molecule has 0 bridgehead atoms. The molecule has 0 spiro atoms. The summed E-state index contributed by atoms with van der Waals surface area (Å²) in [5.41, 5.74) is 13.6. The van der Waals surface area contributed by atoms with Crippen molar-refractivity contribution < 1.29 is 5.11 Å². The lowest BCUT2D eigenvalue weighted by atomic mass is 9.79. The van der Waals surface area contributed by atoms with Gasteiger partial charge in [-0.2, -0.15) is 0 Å². The van der Waals surface area contributed by atoms with Crippen molar-refractivity contribution in [1.29, 1.82) is 0 Å². The molecule has 48 heavy (non-hydrogen) atoms. The van der Waals surface area contributed by atoms with Crippen LogP contribution < -0.4 is 4.90 Å². The maximum absolute atomic E-state index is 13.6. The minimum absolute atomic E-state index is 0.144. The van der Waals surface area contributed by atoms with Crippen molar-refractivity contribution in [3.63, 3.8) is 0 Å². The molecule has 2 nitrogen and oxygen atoms in total. The highest BCUT2D eigenvalue weighted by Crippen LogP contribution is 2.58. The number of hydrogen-bond donors (Lipinski definition) is 1. The molecule has 7 aromatic rings. The fraction of sp³-hybridized carbons (Fsp3) is 0.0870. The average molecular weight is 618 g/mol. The number of fused-ring (bicyclic) bond motifs is 6. The molecule has 2 aliphatic rings. The first-order valence-electron chi connectivity index (χ1n) is 16.7. The van der Waals surface area contributed by atoms with Crippen LogP contribution in [0, 0.1) is 0 Å². The maximum atomic E-state index is 13.6. The smallest absolute Gasteiger partial charge is 0.144 e. The van der Waals surface area contributed by atoms with E-state index >= 15 is 0 Å². The Bertz CT molecular complexity index is 2340. The van der Waals surface area contributed by atoms with E-state index in [9.17, 15) is 5.11 Å². The summed E-state index contributed by atoms with van der Waals surface area (Å²) in [6, 6.07) is 59.7. The average Bonchev–Trinajstić information content (AvgIpc) is 3.54. The van der Waals surface area contributed by atoms with Crippen LogP contribution in [0.2, 0.25) is 0 Å². The van der Waals surface area contributed by atoms with Crippen molar-refractivity contribution in [2.24, 2.45) is 0 Å². The Morgan fingerprint density at radius 3 is 1.65 bits per heavy atom. The third-order valence-corrected chi connectivity index (χ3v) is 10.5. The molecular formula is C46H35NO. The van der Waals surface area contributed by atoms with Crippen LogP contribution in [0.4, 0.5) is 17.1 Å². The Kier molecular flexibility index (Phi) is 6.34. The van der Waals surface area contributed by atoms with Gasteiger partial charge in [0.1, 0.15) is 5.60 Å². The Morgan fingerprint density at radius 1 is 0.417 bits per heavy atom. The quantitative estimate of drug-likeness (QED) is 0.208. The minimum atomic E-state index is -1.41. The number of benzene rings is 7. The first-order valence-corrected chi connectivity index (χ1v) is 16.7. The summed E-state index contributed by atoms with van der Waals surface area (Å²) in [6.07, 6.45) is 0. The number of aliphatic hydroxyl groups is 1. The third-order valence-electron chi connectivity index (χ3n) is 10.5. The molecule has 230 valence electrons. The lowest BCUT2D eigenvalue weighted by Gasteiger charge is -2.35. The molecule has 1 unspecified atom stereocenters. The van der Waals surface area contributed by atoms with Gasteiger partial charge in [0.25, 0.3) is 0 Å². The zero-order valence-corrected chi connectivity index (χ0v) is 27.1. The molecule has 0 aliphatic heterocycles. The molecule has 2 aliphatic carbocycles. The fourth-order valence-corrected chi connectivity index (χ4v) is 8.28. The van der Waals surface area contributed by atoms with Crippen molar-refractivity contribution in [3.8, 4) is 33.4 Å². The van der Waals surface area contributed by atoms with Crippen LogP contribution in [0.5, 0.6) is 0 Å². The molecule has 1 N–H and O–H groups in total. The molecule has 0 saturated heterocycles. The normalized spacial score (nSPS) is 16.5. The molecule has 0 saturated carbocycles. The van der Waals surface area contributed by atoms with Gasteiger partial charge in [0.05, 0.1) is 5.69 Å². The van der Waals surface area contributed by atoms with Crippen LogP contribution in [0.25, 0.3) is 33.4 Å². The molecule has 1 atom stereocenters. The van der Waals surface area contributed by atoms with E-state index < -0.39 is 5.60 Å². The highest BCUT2D eigenvalue weighted by Gasteiger charge is 2.47. The van der Waals surface area contributed by atoms with E-state index in [1.54, 1.807) is 0 Å². The summed E-state index contributed by atoms with van der Waals surface area (Å²) in [5.74, 6) is 0. The van der Waals surface area contributed by atoms with E-state index in [2.05, 4.69) is 170 Å². The van der Waals surface area contributed by atoms with Crippen LogP contribution in [-0.4, -0.2) is 5.11 Å². The summed E-state index contributed by atoms with van der Waals surface area (Å²) in [4.78, 5) is 2.33. The number of anilines is 3. The Morgan fingerprint density at radius 2 is 0.938 bits per heavy atom. The zero-order valence-electron chi connectivity index (χ0n) is 27.1. The summed E-state index contributed by atoms with van der Waals surface area (Å²) in [7, 11) is 0. The van der Waals surface area contributed by atoms with Crippen molar-refractivity contribution >= 4 is 17.1 Å². The summed E-state index contributed by atoms with van der Waals surface area (Å²) in [5, 5.41) is 13.6. The van der Waals surface area contributed by atoms with Crippen molar-refractivity contribution in [2.75, 3.05) is 4.90 Å². The monoisotopic (exact) mass is 617 g/mol. The molecule has 0 radical (unpaired) electrons. The first-order chi connectivity index (χ1) is 23.5. The van der Waals surface area contributed by atoms with Crippen molar-refractivity contribution in [1.82, 2.24) is 0 Å². The van der Waals surface area contributed by atoms with Gasteiger partial charge >= 0.3 is 0 Å². The van der Waals surface area contributed by atoms with Crippen molar-refractivity contribution in [3.05, 3.63) is 198 Å². The van der Waals surface area contributed by atoms with E-state index in [1.807, 2.05) is 18.2 Å². The molecule has 0 fully saturated rings. The number of rotatable bonds is 5. The van der Waals surface area contributed by atoms with E-state index in [0.29, 0.717) is 0 Å². The van der Waals surface area contributed by atoms with Gasteiger partial charge < -0.3 is 10.0 Å². The summed E-state index contributed by atoms with van der Waals surface area (Å²) >= 11 is 0. The highest BCUT2D eigenvalue weighted by molar-refractivity contribution is 5.93. The molecule has 0 heterocycles. The number of para-hydroxylation sites is 1. The van der Waals surface area contributed by atoms with Crippen molar-refractivity contribution in [2.45, 2.75) is 24.9 Å². The second-order valence-electron chi connectivity index (χ2n) is 13.4. The largest absolute Gasteiger partial charge is 0.376 e. The standard InChI is InChI=1S/C46H35NO/c1-45(2)39-24-12-10-21-35(39)37-29-28-33(30-42(37)45)47(32-18-7-4-8-19-32)43-27-15-23-38-36-22-11-14-26-41(36)46(48,44(38)43)40-25-13-9-20-34(40)31-16-5-3-6-17-31/h3-30,48H,1-2H3. The molecule has 7 aromatic carbocycles. The minimum Gasteiger partial charge on any atom is -0.376 e. The predicted molar refractivity (Wildman–Crippen MR) is 198 cm³/mol. The lowest BCUT2D eigenvalue weighted by molar-refractivity contribution is 0.132. The first kappa shape index (κ1) is 28.5. The van der Waals surface area contributed by atoms with Gasteiger partial charge in [-0.15, -0.1) is 0 Å². The van der Waals surface area contributed by atoms with Crippen LogP contribution in [-0.2, 0) is 11.0 Å². The predicted octanol–water partition coefficient (Wildman–Crippen LogP) is 11.4. The fourth-order valence-electron chi connectivity index (χ4n) is 8.28. The van der Waals surface area contributed by atoms with Crippen LogP contribution >= 0.6 is 0 Å². The van der Waals surface area contributed by atoms with Gasteiger partial charge in [-0.3, -0.25) is 0 Å². The molecular weight excluding hydrogens is 583 g/mol.